The number of rotatable bonds is 14. The van der Waals surface area contributed by atoms with Gasteiger partial charge in [-0.15, -0.1) is 0 Å². The first kappa shape index (κ1) is 124. The Labute approximate surface area is 705 Å². The van der Waals surface area contributed by atoms with Crippen molar-refractivity contribution in [2.45, 2.75) is 342 Å². The Bertz CT molecular complexity index is 2650. The van der Waals surface area contributed by atoms with Gasteiger partial charge in [0.05, 0.1) is 49.4 Å². The molecule has 1 aromatic carbocycles. The van der Waals surface area contributed by atoms with Gasteiger partial charge < -0.3 is 72.4 Å². The number of carbonyl (C=O) groups is 5. The SMILES string of the molecule is CC(=O)NC(C)C.CC(=O)NC(C)C.CC(C)(C)N1C(=O)c2ccccc2C1=O.CC(C)(C)N1CC(N)CC1=O.CC(C)(C)N1CC2(COC2)C1.CC(C)N.CC(C)N(C)C.CC(C)N(C)CCO.CC(C)N1CCN(C)CC1.CC(C)NCCO.CC(C)NS(C)(=O)=O.CC1(O)CN(C(C)(C)C)C1.CNC(C)C.CSC(C)C. The van der Waals surface area contributed by atoms with Crippen LogP contribution in [0.3, 0.4) is 0 Å². The maximum Gasteiger partial charge on any atom is 0.262 e. The molecule has 5 saturated heterocycles. The molecular formula is C86H185N15O11S2. The molecule has 0 saturated carbocycles. The molecule has 1 aromatic rings. The highest BCUT2D eigenvalue weighted by atomic mass is 32.2. The number of sulfonamides is 1. The zero-order chi connectivity index (χ0) is 91.6. The van der Waals surface area contributed by atoms with Crippen molar-refractivity contribution in [1.29, 1.82) is 0 Å². The molecule has 0 bridgehead atoms. The quantitative estimate of drug-likeness (QED) is 0.0774. The fourth-order valence-electron chi connectivity index (χ4n) is 9.59. The molecule has 12 N–H and O–H groups in total. The number of thioether (sulfide) groups is 1. The van der Waals surface area contributed by atoms with Gasteiger partial charge in [-0.25, -0.2) is 13.1 Å². The minimum absolute atomic E-state index is 0.00463. The van der Waals surface area contributed by atoms with Crippen LogP contribution in [0.4, 0.5) is 0 Å². The molecule has 5 fully saturated rings. The molecule has 0 radical (unpaired) electrons. The second-order valence-electron chi connectivity index (χ2n) is 37.7. The fourth-order valence-corrected chi connectivity index (χ4v) is 10.4. The molecule has 6 aliphatic rings. The highest BCUT2D eigenvalue weighted by Crippen LogP contribution is 2.41. The Morgan fingerprint density at radius 3 is 1.15 bits per heavy atom. The van der Waals surface area contributed by atoms with Crippen molar-refractivity contribution in [2.75, 3.05) is 146 Å². The van der Waals surface area contributed by atoms with Gasteiger partial charge in [-0.1, -0.05) is 67.5 Å². The summed E-state index contributed by atoms with van der Waals surface area (Å²) in [6, 6.07) is 11.0. The Balaban J connectivity index is -0.000000219. The number of likely N-dealkylation sites (N-methyl/N-ethyl adjacent to an activating group) is 2. The van der Waals surface area contributed by atoms with E-state index in [9.17, 15) is 37.5 Å². The lowest BCUT2D eigenvalue weighted by Gasteiger charge is -2.59. The van der Waals surface area contributed by atoms with Crippen molar-refractivity contribution in [3.8, 4) is 0 Å². The van der Waals surface area contributed by atoms with Gasteiger partial charge in [-0.2, -0.15) is 11.8 Å². The van der Waals surface area contributed by atoms with E-state index in [1.54, 1.807) is 38.1 Å². The normalized spacial score (nSPS) is 17.0. The lowest BCUT2D eigenvalue weighted by atomic mass is 9.75. The molecule has 5 amide bonds. The van der Waals surface area contributed by atoms with E-state index < -0.39 is 21.2 Å². The zero-order valence-corrected chi connectivity index (χ0v) is 82.8. The topological polar surface area (TPSA) is 328 Å². The van der Waals surface area contributed by atoms with Crippen LogP contribution in [0.15, 0.2) is 24.3 Å². The number of piperazine rings is 1. The highest BCUT2D eigenvalue weighted by Gasteiger charge is 2.51. The monoisotopic (exact) mass is 1670 g/mol. The Kier molecular flexibility index (Phi) is 67.9. The van der Waals surface area contributed by atoms with E-state index in [0.717, 1.165) is 50.4 Å². The number of aliphatic hydroxyl groups excluding tert-OH is 2. The summed E-state index contributed by atoms with van der Waals surface area (Å²) in [5.74, 6) is -0.124. The van der Waals surface area contributed by atoms with Crippen LogP contribution < -0.4 is 37.5 Å². The van der Waals surface area contributed by atoms with Gasteiger partial charge in [0, 0.05) is 174 Å². The minimum atomic E-state index is -2.97. The molecule has 6 aliphatic heterocycles. The summed E-state index contributed by atoms with van der Waals surface area (Å²) in [6.07, 6.45) is 3.77. The summed E-state index contributed by atoms with van der Waals surface area (Å²) in [4.78, 5) is 72.6. The number of carbonyl (C=O) groups excluding carboxylic acids is 5. The first-order valence-electron chi connectivity index (χ1n) is 41.5. The number of imide groups is 1. The molecule has 0 aromatic heterocycles. The molecule has 114 heavy (non-hydrogen) atoms. The maximum absolute atomic E-state index is 12.0. The first-order chi connectivity index (χ1) is 51.4. The van der Waals surface area contributed by atoms with Crippen LogP contribution in [0.25, 0.3) is 0 Å². The van der Waals surface area contributed by atoms with Crippen LogP contribution in [0.1, 0.15) is 269 Å². The molecule has 6 heterocycles. The summed E-state index contributed by atoms with van der Waals surface area (Å²) < 4.78 is 28.2. The average molecular weight is 1670 g/mol. The standard InChI is InChI=1S/C12H13NO2.C9H17NO.C8H16N2O.C8H18N2.C8H17NO.C6H15NO.C5H13NO.2C5H11NO.C5H13N.C4H11NO2S.C4H11N.C4H10S.C3H9N/c1-12(2,3)13-10(14)8-6-4-5-7-9(8)11(13)15;1-8(2,3)10-4-9(5-10)6-11-7-9;1-8(2,3)10-5-6(9)4-7(10)11;1-8(2)10-6-4-9(3)5-7-10;1-7(2,3)9-5-8(4,10)6-9;1-6(2)7(3)4-5-8;1-5(2)6-3-4-7;2*1-4(2)6-5(3)7;1-5(2)6(3)4;1-4(2)5-8(3,6)7;2*1-4(2)5-3;1-3(2)4/h4-7H,1-3H3;4-7H2,1-3H3;6H,4-5,9H2,1-3H3;8H,4-7H2,1-3H3;10H,5-6H2,1-4H3;6,8H,4-5H2,1-3H3;5-7H,3-4H2,1-2H3;2*4H,1-3H3,(H,6,7);5H,1-4H3;4-5H,1-3H3;4-5H,1-3H3;4H,1-3H3;3H,4H2,1-2H3. The van der Waals surface area contributed by atoms with Crippen molar-refractivity contribution in [3.05, 3.63) is 35.4 Å². The van der Waals surface area contributed by atoms with E-state index in [4.69, 9.17) is 26.4 Å². The fraction of sp³-hybridized carbons (Fsp3) is 0.872. The average Bonchev–Trinajstić information content (AvgIpc) is 0.782. The van der Waals surface area contributed by atoms with Gasteiger partial charge in [0.25, 0.3) is 11.8 Å². The van der Waals surface area contributed by atoms with Crippen molar-refractivity contribution >= 4 is 51.3 Å². The number of amides is 5. The number of ether oxygens (including phenoxy) is 1. The number of nitrogens with two attached hydrogens (primary N) is 2. The summed E-state index contributed by atoms with van der Waals surface area (Å²) >= 11 is 1.88. The first-order valence-corrected chi connectivity index (χ1v) is 44.6. The van der Waals surface area contributed by atoms with E-state index >= 15 is 0 Å². The smallest absolute Gasteiger partial charge is 0.262 e. The predicted molar refractivity (Wildman–Crippen MR) is 489 cm³/mol. The zero-order valence-electron chi connectivity index (χ0n) is 81.1. The molecule has 28 heteroatoms. The summed E-state index contributed by atoms with van der Waals surface area (Å²) in [5, 5.41) is 38.3. The Morgan fingerprint density at radius 1 is 0.632 bits per heavy atom. The van der Waals surface area contributed by atoms with Crippen molar-refractivity contribution in [3.63, 3.8) is 0 Å². The number of benzene rings is 1. The van der Waals surface area contributed by atoms with Gasteiger partial charge in [0.15, 0.2) is 0 Å². The third kappa shape index (κ3) is 70.3. The second kappa shape index (κ2) is 62.6. The number of fused-ring (bicyclic) bond motifs is 1. The summed E-state index contributed by atoms with van der Waals surface area (Å²) in [6.45, 7) is 84.6. The van der Waals surface area contributed by atoms with Crippen LogP contribution in [0.5, 0.6) is 0 Å². The molecule has 1 spiro atoms. The van der Waals surface area contributed by atoms with Crippen molar-refractivity contribution in [1.82, 2.24) is 65.2 Å². The highest BCUT2D eigenvalue weighted by molar-refractivity contribution is 7.99. The lowest BCUT2D eigenvalue weighted by molar-refractivity contribution is -0.207. The van der Waals surface area contributed by atoms with Crippen LogP contribution >= 0.6 is 11.8 Å². The number of aliphatic hydroxyl groups is 3. The van der Waals surface area contributed by atoms with E-state index in [2.05, 4.69) is 207 Å². The molecule has 0 aliphatic carbocycles. The molecular weight excluding hydrogens is 1480 g/mol. The molecule has 1 atom stereocenters. The lowest BCUT2D eigenvalue weighted by Crippen LogP contribution is -2.69. The number of hydrogen-bond donors (Lipinski definition) is 10. The molecule has 682 valence electrons. The van der Waals surface area contributed by atoms with E-state index in [0.29, 0.717) is 71.8 Å². The third-order valence-corrected chi connectivity index (χ3v) is 18.9. The van der Waals surface area contributed by atoms with E-state index in [1.807, 2.05) is 121 Å². The number of nitrogens with zero attached hydrogens (tertiary/aromatic N) is 8. The maximum atomic E-state index is 12.0. The van der Waals surface area contributed by atoms with Crippen LogP contribution in [0.2, 0.25) is 0 Å². The van der Waals surface area contributed by atoms with Crippen LogP contribution in [-0.4, -0.2) is 332 Å². The molecule has 7 rings (SSSR count). The molecule has 26 nitrogen and oxygen atoms in total. The van der Waals surface area contributed by atoms with Crippen LogP contribution in [0, 0.1) is 5.41 Å². The van der Waals surface area contributed by atoms with E-state index in [-0.39, 0.29) is 78.0 Å². The van der Waals surface area contributed by atoms with E-state index in [1.165, 1.54) is 58.0 Å². The molecule has 1 unspecified atom stereocenters. The number of nitrogens with one attached hydrogen (secondary N) is 5. The summed E-state index contributed by atoms with van der Waals surface area (Å²) in [5.41, 5.74) is 12.0. The Hall–Kier alpha value is -3.53. The summed E-state index contributed by atoms with van der Waals surface area (Å²) in [7, 11) is 7.32. The third-order valence-electron chi connectivity index (χ3n) is 17.0. The predicted octanol–water partition coefficient (Wildman–Crippen LogP) is 10.0. The van der Waals surface area contributed by atoms with Crippen molar-refractivity contribution < 1.29 is 52.4 Å². The van der Waals surface area contributed by atoms with Gasteiger partial charge in [0.1, 0.15) is 0 Å². The minimum Gasteiger partial charge on any atom is -0.395 e. The van der Waals surface area contributed by atoms with Gasteiger partial charge in [-0.05, 0) is 238 Å². The van der Waals surface area contributed by atoms with Crippen LogP contribution in [-0.2, 0) is 29.1 Å². The van der Waals surface area contributed by atoms with Crippen molar-refractivity contribution in [2.24, 2.45) is 16.9 Å². The largest absolute Gasteiger partial charge is 0.395 e. The van der Waals surface area contributed by atoms with Gasteiger partial charge in [-0.3, -0.25) is 43.6 Å². The number of hydrogen-bond acceptors (Lipinski definition) is 22. The number of β-amino-alcohol motifs (C(OH)–C–C–N with tert-alkyl or cyclic N) is 1. The second-order valence-corrected chi connectivity index (χ2v) is 40.9. The number of likely N-dealkylation sites (tertiary alicyclic amines) is 3. The van der Waals surface area contributed by atoms with Gasteiger partial charge >= 0.3 is 0 Å². The van der Waals surface area contributed by atoms with Gasteiger partial charge in [0.2, 0.25) is 27.7 Å². The Morgan fingerprint density at radius 2 is 1.00 bits per heavy atom.